The topological polar surface area (TPSA) is 55.6 Å². The fourth-order valence-corrected chi connectivity index (χ4v) is 3.45. The molecule has 1 N–H and O–H groups in total. The third kappa shape index (κ3) is 2.76. The second-order valence-corrected chi connectivity index (χ2v) is 6.34. The fraction of sp³-hybridized carbons (Fsp3) is 0.643. The molecule has 0 radical (unpaired) electrons. The van der Waals surface area contributed by atoms with Crippen LogP contribution >= 0.6 is 11.3 Å². The van der Waals surface area contributed by atoms with E-state index in [9.17, 15) is 0 Å². The maximum Gasteiger partial charge on any atom is 0.149 e. The fourth-order valence-electron chi connectivity index (χ4n) is 2.80. The van der Waals surface area contributed by atoms with Crippen LogP contribution in [0.4, 0.5) is 0 Å². The smallest absolute Gasteiger partial charge is 0.149 e. The molecule has 3 heterocycles. The van der Waals surface area contributed by atoms with E-state index in [1.54, 1.807) is 11.3 Å². The first-order valence-electron chi connectivity index (χ1n) is 7.33. The highest BCUT2D eigenvalue weighted by atomic mass is 32.1. The minimum Gasteiger partial charge on any atom is -0.314 e. The van der Waals surface area contributed by atoms with Crippen molar-refractivity contribution in [2.45, 2.75) is 58.2 Å². The van der Waals surface area contributed by atoms with Gasteiger partial charge in [-0.3, -0.25) is 5.32 Å². The Hall–Kier alpha value is -1.27. The molecule has 3 rings (SSSR count). The Morgan fingerprint density at radius 1 is 1.20 bits per heavy atom. The van der Waals surface area contributed by atoms with Crippen LogP contribution in [0.2, 0.25) is 0 Å². The van der Waals surface area contributed by atoms with Crippen molar-refractivity contribution < 1.29 is 0 Å². The summed E-state index contributed by atoms with van der Waals surface area (Å²) in [5.41, 5.74) is 0. The van der Waals surface area contributed by atoms with E-state index in [0.29, 0.717) is 0 Å². The molecule has 0 aromatic carbocycles. The van der Waals surface area contributed by atoms with Crippen molar-refractivity contribution in [1.82, 2.24) is 25.1 Å². The van der Waals surface area contributed by atoms with Gasteiger partial charge in [0.25, 0.3) is 0 Å². The van der Waals surface area contributed by atoms with Crippen LogP contribution in [0, 0.1) is 0 Å². The van der Waals surface area contributed by atoms with Gasteiger partial charge in [-0.1, -0.05) is 6.42 Å². The number of aromatic nitrogens is 4. The molecule has 0 aliphatic carbocycles. The van der Waals surface area contributed by atoms with Crippen LogP contribution in [0.1, 0.15) is 61.9 Å². The Bertz CT molecular complexity index is 548. The average molecular weight is 291 g/mol. The molecule has 0 amide bonds. The Morgan fingerprint density at radius 2 is 2.10 bits per heavy atom. The summed E-state index contributed by atoms with van der Waals surface area (Å²) in [6.07, 6.45) is 6.66. The van der Waals surface area contributed by atoms with Crippen molar-refractivity contribution in [3.63, 3.8) is 0 Å². The van der Waals surface area contributed by atoms with Crippen molar-refractivity contribution in [3.8, 4) is 0 Å². The van der Waals surface area contributed by atoms with Gasteiger partial charge in [0.05, 0.1) is 12.1 Å². The summed E-state index contributed by atoms with van der Waals surface area (Å²) in [6.45, 7) is 5.36. The first kappa shape index (κ1) is 13.7. The van der Waals surface area contributed by atoms with Crippen molar-refractivity contribution in [3.05, 3.63) is 28.2 Å². The molecule has 1 aliphatic heterocycles. The van der Waals surface area contributed by atoms with Gasteiger partial charge in [0, 0.05) is 24.5 Å². The van der Waals surface area contributed by atoms with Crippen LogP contribution in [0.5, 0.6) is 0 Å². The molecule has 2 aromatic heterocycles. The van der Waals surface area contributed by atoms with Crippen LogP contribution in [0.15, 0.2) is 11.6 Å². The zero-order valence-electron chi connectivity index (χ0n) is 12.0. The Labute approximate surface area is 123 Å². The normalized spacial score (nSPS) is 18.3. The van der Waals surface area contributed by atoms with E-state index >= 15 is 0 Å². The average Bonchev–Trinajstić information content (AvgIpc) is 3.04. The minimum atomic E-state index is 0.188. The second-order valence-electron chi connectivity index (χ2n) is 5.42. The summed E-state index contributed by atoms with van der Waals surface area (Å²) in [5.74, 6) is 2.21. The quantitative estimate of drug-likeness (QED) is 0.941. The summed E-state index contributed by atoms with van der Waals surface area (Å²) in [4.78, 5) is 4.37. The van der Waals surface area contributed by atoms with E-state index in [2.05, 4.69) is 38.9 Å². The molecular weight excluding hydrogens is 270 g/mol. The number of hydrogen-bond donors (Lipinski definition) is 1. The number of thiazole rings is 1. The van der Waals surface area contributed by atoms with E-state index in [1.165, 1.54) is 19.3 Å². The third-order valence-electron chi connectivity index (χ3n) is 3.85. The van der Waals surface area contributed by atoms with Crippen LogP contribution < -0.4 is 5.32 Å². The first-order chi connectivity index (χ1) is 9.75. The van der Waals surface area contributed by atoms with Crippen molar-refractivity contribution in [2.24, 2.45) is 0 Å². The predicted molar refractivity (Wildman–Crippen MR) is 79.7 cm³/mol. The largest absolute Gasteiger partial charge is 0.314 e. The molecule has 0 saturated carbocycles. The molecule has 0 saturated heterocycles. The predicted octanol–water partition coefficient (Wildman–Crippen LogP) is 2.87. The van der Waals surface area contributed by atoms with Crippen LogP contribution in [-0.4, -0.2) is 19.7 Å². The molecular formula is C14H21N5S. The number of rotatable bonds is 4. The molecule has 0 fully saturated rings. The molecule has 0 bridgehead atoms. The molecule has 5 nitrogen and oxygen atoms in total. The van der Waals surface area contributed by atoms with Gasteiger partial charge in [-0.15, -0.1) is 21.5 Å². The highest BCUT2D eigenvalue weighted by Gasteiger charge is 2.21. The number of nitrogens with zero attached hydrogens (tertiary/aromatic N) is 4. The standard InChI is InChI=1S/C14H21N5S/c1-10(16-11(2)14-15-7-9-20-14)13-18-17-12-6-4-3-5-8-19(12)13/h7,9-11,16H,3-6,8H2,1-2H3. The van der Waals surface area contributed by atoms with Gasteiger partial charge in [0.15, 0.2) is 0 Å². The lowest BCUT2D eigenvalue weighted by Crippen LogP contribution is -2.25. The maximum atomic E-state index is 4.41. The van der Waals surface area contributed by atoms with Crippen molar-refractivity contribution in [1.29, 1.82) is 0 Å². The van der Waals surface area contributed by atoms with Crippen molar-refractivity contribution >= 4 is 11.3 Å². The van der Waals surface area contributed by atoms with Crippen LogP contribution in [-0.2, 0) is 13.0 Å². The van der Waals surface area contributed by atoms with E-state index in [1.807, 2.05) is 11.6 Å². The lowest BCUT2D eigenvalue weighted by Gasteiger charge is -2.19. The monoisotopic (exact) mass is 291 g/mol. The number of nitrogens with one attached hydrogen (secondary N) is 1. The zero-order chi connectivity index (χ0) is 13.9. The summed E-state index contributed by atoms with van der Waals surface area (Å²) < 4.78 is 2.30. The minimum absolute atomic E-state index is 0.188. The van der Waals surface area contributed by atoms with E-state index in [4.69, 9.17) is 0 Å². The van der Waals surface area contributed by atoms with Gasteiger partial charge in [-0.25, -0.2) is 4.98 Å². The van der Waals surface area contributed by atoms with Gasteiger partial charge in [0.1, 0.15) is 16.7 Å². The first-order valence-corrected chi connectivity index (χ1v) is 8.21. The summed E-state index contributed by atoms with van der Waals surface area (Å²) in [5, 5.41) is 15.5. The summed E-state index contributed by atoms with van der Waals surface area (Å²) in [6, 6.07) is 0.428. The zero-order valence-corrected chi connectivity index (χ0v) is 12.9. The highest BCUT2D eigenvalue weighted by Crippen LogP contribution is 2.22. The van der Waals surface area contributed by atoms with Crippen LogP contribution in [0.3, 0.4) is 0 Å². The van der Waals surface area contributed by atoms with Crippen molar-refractivity contribution in [2.75, 3.05) is 0 Å². The summed E-state index contributed by atoms with van der Waals surface area (Å²) >= 11 is 1.69. The lowest BCUT2D eigenvalue weighted by atomic mass is 10.2. The molecule has 2 unspecified atom stereocenters. The third-order valence-corrected chi connectivity index (χ3v) is 4.81. The Morgan fingerprint density at radius 3 is 2.90 bits per heavy atom. The van der Waals surface area contributed by atoms with Crippen LogP contribution in [0.25, 0.3) is 0 Å². The highest BCUT2D eigenvalue weighted by molar-refractivity contribution is 7.09. The van der Waals surface area contributed by atoms with Gasteiger partial charge in [-0.2, -0.15) is 0 Å². The van der Waals surface area contributed by atoms with Gasteiger partial charge < -0.3 is 4.57 Å². The molecule has 108 valence electrons. The lowest BCUT2D eigenvalue weighted by molar-refractivity contribution is 0.452. The van der Waals surface area contributed by atoms with E-state index in [0.717, 1.165) is 29.6 Å². The number of fused-ring (bicyclic) bond motifs is 1. The number of aryl methyl sites for hydroxylation is 1. The number of hydrogen-bond acceptors (Lipinski definition) is 5. The second kappa shape index (κ2) is 6.01. The molecule has 2 atom stereocenters. The molecule has 6 heteroatoms. The molecule has 20 heavy (non-hydrogen) atoms. The van der Waals surface area contributed by atoms with Gasteiger partial charge >= 0.3 is 0 Å². The summed E-state index contributed by atoms with van der Waals surface area (Å²) in [7, 11) is 0. The maximum absolute atomic E-state index is 4.41. The molecule has 0 spiro atoms. The SMILES string of the molecule is CC(NC(C)c1nnc2n1CCCCC2)c1nccs1. The van der Waals surface area contributed by atoms with Gasteiger partial charge in [0.2, 0.25) is 0 Å². The van der Waals surface area contributed by atoms with E-state index in [-0.39, 0.29) is 12.1 Å². The Kier molecular flexibility index (Phi) is 4.12. The van der Waals surface area contributed by atoms with E-state index < -0.39 is 0 Å². The van der Waals surface area contributed by atoms with Gasteiger partial charge in [-0.05, 0) is 26.7 Å². The molecule has 1 aliphatic rings. The molecule has 2 aromatic rings. The Balaban J connectivity index is 1.74.